The zero-order valence-corrected chi connectivity index (χ0v) is 17.9. The van der Waals surface area contributed by atoms with Gasteiger partial charge in [-0.25, -0.2) is 14.8 Å². The third-order valence-corrected chi connectivity index (χ3v) is 4.24. The molecule has 3 aromatic rings. The number of urea groups is 1. The Hall–Kier alpha value is -4.48. The van der Waals surface area contributed by atoms with Gasteiger partial charge >= 0.3 is 6.03 Å². The molecule has 12 heteroatoms. The number of anilines is 3. The number of hydrogen-bond acceptors (Lipinski definition) is 8. The highest BCUT2D eigenvalue weighted by atomic mass is 16.5. The van der Waals surface area contributed by atoms with Gasteiger partial charge in [-0.05, 0) is 12.1 Å². The van der Waals surface area contributed by atoms with Gasteiger partial charge in [0.05, 0.1) is 29.6 Å². The predicted molar refractivity (Wildman–Crippen MR) is 117 cm³/mol. The van der Waals surface area contributed by atoms with Gasteiger partial charge in [0, 0.05) is 33.3 Å². The average Bonchev–Trinajstić information content (AvgIpc) is 3.18. The van der Waals surface area contributed by atoms with Crippen molar-refractivity contribution in [1.29, 1.82) is 0 Å². The van der Waals surface area contributed by atoms with Crippen LogP contribution in [0.25, 0.3) is 11.4 Å². The summed E-state index contributed by atoms with van der Waals surface area (Å²) in [7, 11) is 4.76. The second kappa shape index (κ2) is 9.55. The zero-order valence-electron chi connectivity index (χ0n) is 17.9. The molecule has 4 amide bonds. The van der Waals surface area contributed by atoms with Crippen molar-refractivity contribution in [2.75, 3.05) is 24.8 Å². The summed E-state index contributed by atoms with van der Waals surface area (Å²) in [6.07, 6.45) is 2.88. The molecule has 0 radical (unpaired) electrons. The number of hydrogen-bond donors (Lipinski definition) is 4. The van der Waals surface area contributed by atoms with E-state index in [1.165, 1.54) is 33.3 Å². The van der Waals surface area contributed by atoms with Crippen molar-refractivity contribution in [3.05, 3.63) is 42.4 Å². The van der Waals surface area contributed by atoms with Gasteiger partial charge in [0.2, 0.25) is 5.91 Å². The Morgan fingerprint density at radius 3 is 2.53 bits per heavy atom. The van der Waals surface area contributed by atoms with Crippen LogP contribution in [0.4, 0.5) is 22.0 Å². The molecule has 0 spiro atoms. The van der Waals surface area contributed by atoms with Crippen LogP contribution >= 0.6 is 0 Å². The first-order chi connectivity index (χ1) is 15.3. The van der Waals surface area contributed by atoms with Gasteiger partial charge in [-0.3, -0.25) is 24.9 Å². The van der Waals surface area contributed by atoms with Gasteiger partial charge in [-0.15, -0.1) is 0 Å². The number of aromatic nitrogens is 4. The lowest BCUT2D eigenvalue weighted by Gasteiger charge is -2.16. The molecular formula is C20H22N8O4. The highest BCUT2D eigenvalue weighted by Gasteiger charge is 2.18. The van der Waals surface area contributed by atoms with Crippen LogP contribution in [0.15, 0.2) is 36.8 Å². The number of imide groups is 1. The summed E-state index contributed by atoms with van der Waals surface area (Å²) in [6, 6.07) is 6.08. The van der Waals surface area contributed by atoms with E-state index in [0.29, 0.717) is 28.5 Å². The summed E-state index contributed by atoms with van der Waals surface area (Å²) in [4.78, 5) is 43.6. The predicted octanol–water partition coefficient (Wildman–Crippen LogP) is 1.66. The van der Waals surface area contributed by atoms with E-state index in [1.807, 2.05) is 6.07 Å². The minimum absolute atomic E-state index is 0.125. The summed E-state index contributed by atoms with van der Waals surface area (Å²) < 4.78 is 7.17. The molecule has 1 aromatic carbocycles. The summed E-state index contributed by atoms with van der Waals surface area (Å²) in [5, 5.41) is 14.5. The lowest BCUT2D eigenvalue weighted by atomic mass is 10.1. The highest BCUT2D eigenvalue weighted by molar-refractivity contribution is 6.03. The van der Waals surface area contributed by atoms with Gasteiger partial charge in [-0.2, -0.15) is 5.10 Å². The van der Waals surface area contributed by atoms with E-state index in [2.05, 4.69) is 36.3 Å². The van der Waals surface area contributed by atoms with Crippen molar-refractivity contribution >= 4 is 35.0 Å². The number of nitrogens with one attached hydrogen (secondary N) is 4. The standard InChI is InChI=1S/C20H22N8O4/c1-11(29)24-20(31)26-16-8-15(13(9-22-16)19(30)21-2)25-14-7-5-6-12(17(14)32-4)18-23-10-28(3)27-18/h5-10H,1-4H3,(H,21,30)(H3,22,24,25,26,29,31). The molecule has 32 heavy (non-hydrogen) atoms. The highest BCUT2D eigenvalue weighted by Crippen LogP contribution is 2.37. The third-order valence-electron chi connectivity index (χ3n) is 4.24. The second-order valence-electron chi connectivity index (χ2n) is 6.58. The number of methoxy groups -OCH3 is 1. The number of ether oxygens (including phenoxy) is 1. The minimum atomic E-state index is -0.746. The van der Waals surface area contributed by atoms with Crippen molar-refractivity contribution in [2.24, 2.45) is 7.05 Å². The number of para-hydroxylation sites is 1. The summed E-state index contributed by atoms with van der Waals surface area (Å²) >= 11 is 0. The molecule has 0 fully saturated rings. The van der Waals surface area contributed by atoms with Crippen molar-refractivity contribution < 1.29 is 19.1 Å². The van der Waals surface area contributed by atoms with Gasteiger partial charge in [0.15, 0.2) is 11.6 Å². The van der Waals surface area contributed by atoms with Crippen molar-refractivity contribution in [3.63, 3.8) is 0 Å². The molecule has 0 bridgehead atoms. The van der Waals surface area contributed by atoms with Crippen LogP contribution in [-0.2, 0) is 11.8 Å². The van der Waals surface area contributed by atoms with Gasteiger partial charge in [-0.1, -0.05) is 6.07 Å². The van der Waals surface area contributed by atoms with E-state index >= 15 is 0 Å². The second-order valence-corrected chi connectivity index (χ2v) is 6.58. The fourth-order valence-corrected chi connectivity index (χ4v) is 2.89. The number of amides is 4. The number of carbonyl (C=O) groups excluding carboxylic acids is 3. The Bertz CT molecular complexity index is 1170. The van der Waals surface area contributed by atoms with Gasteiger partial charge in [0.1, 0.15) is 12.1 Å². The van der Waals surface area contributed by atoms with Crippen LogP contribution in [0, 0.1) is 0 Å². The van der Waals surface area contributed by atoms with Crippen LogP contribution in [0.3, 0.4) is 0 Å². The summed E-state index contributed by atoms with van der Waals surface area (Å²) in [5.41, 5.74) is 1.76. The number of pyridine rings is 1. The molecule has 2 heterocycles. The first-order valence-electron chi connectivity index (χ1n) is 9.43. The normalized spacial score (nSPS) is 10.2. The number of benzene rings is 1. The van der Waals surface area contributed by atoms with E-state index < -0.39 is 11.9 Å². The number of aryl methyl sites for hydroxylation is 1. The fraction of sp³-hybridized carbons (Fsp3) is 0.200. The largest absolute Gasteiger partial charge is 0.494 e. The monoisotopic (exact) mass is 438 g/mol. The lowest BCUT2D eigenvalue weighted by Crippen LogP contribution is -2.32. The molecular weight excluding hydrogens is 416 g/mol. The third kappa shape index (κ3) is 4.98. The Morgan fingerprint density at radius 1 is 1.12 bits per heavy atom. The maximum absolute atomic E-state index is 12.4. The Balaban J connectivity index is 2.01. The molecule has 0 unspecified atom stereocenters. The maximum Gasteiger partial charge on any atom is 0.327 e. The molecule has 4 N–H and O–H groups in total. The molecule has 2 aromatic heterocycles. The Labute approximate surface area is 183 Å². The molecule has 3 rings (SSSR count). The molecule has 0 saturated carbocycles. The van der Waals surface area contributed by atoms with E-state index in [0.717, 1.165) is 0 Å². The van der Waals surface area contributed by atoms with E-state index in [-0.39, 0.29) is 17.3 Å². The number of carbonyl (C=O) groups is 3. The van der Waals surface area contributed by atoms with Crippen molar-refractivity contribution in [1.82, 2.24) is 30.4 Å². The molecule has 0 aliphatic heterocycles. The molecule has 0 aliphatic carbocycles. The van der Waals surface area contributed by atoms with Crippen LogP contribution < -0.4 is 26.0 Å². The Morgan fingerprint density at radius 2 is 1.91 bits per heavy atom. The maximum atomic E-state index is 12.4. The lowest BCUT2D eigenvalue weighted by molar-refractivity contribution is -0.117. The zero-order chi connectivity index (χ0) is 23.3. The van der Waals surface area contributed by atoms with Crippen LogP contribution in [0.5, 0.6) is 5.75 Å². The van der Waals surface area contributed by atoms with E-state index in [1.54, 1.807) is 30.2 Å². The number of rotatable bonds is 6. The first kappa shape index (κ1) is 22.2. The topological polar surface area (TPSA) is 152 Å². The molecule has 0 atom stereocenters. The SMILES string of the molecule is CNC(=O)c1cnc(NC(=O)NC(C)=O)cc1Nc1cccc(-c2ncn(C)n2)c1OC. The summed E-state index contributed by atoms with van der Waals surface area (Å²) in [5.74, 6) is 0.147. The quantitative estimate of drug-likeness (QED) is 0.453. The summed E-state index contributed by atoms with van der Waals surface area (Å²) in [6.45, 7) is 1.21. The van der Waals surface area contributed by atoms with Crippen LogP contribution in [0.1, 0.15) is 17.3 Å². The average molecular weight is 438 g/mol. The van der Waals surface area contributed by atoms with E-state index in [4.69, 9.17) is 4.74 Å². The van der Waals surface area contributed by atoms with Crippen LogP contribution in [0.2, 0.25) is 0 Å². The van der Waals surface area contributed by atoms with Crippen molar-refractivity contribution in [3.8, 4) is 17.1 Å². The smallest absolute Gasteiger partial charge is 0.327 e. The van der Waals surface area contributed by atoms with Crippen LogP contribution in [-0.4, -0.2) is 51.8 Å². The molecule has 12 nitrogen and oxygen atoms in total. The fourth-order valence-electron chi connectivity index (χ4n) is 2.89. The Kier molecular flexibility index (Phi) is 6.63. The molecule has 0 saturated heterocycles. The van der Waals surface area contributed by atoms with E-state index in [9.17, 15) is 14.4 Å². The van der Waals surface area contributed by atoms with Gasteiger partial charge < -0.3 is 15.4 Å². The minimum Gasteiger partial charge on any atom is -0.494 e. The first-order valence-corrected chi connectivity index (χ1v) is 9.43. The molecule has 0 aliphatic rings. The van der Waals surface area contributed by atoms with Crippen molar-refractivity contribution in [2.45, 2.75) is 6.92 Å². The van der Waals surface area contributed by atoms with Gasteiger partial charge in [0.25, 0.3) is 5.91 Å². The number of nitrogens with zero attached hydrogens (tertiary/aromatic N) is 4. The molecule has 166 valence electrons.